The molecule has 0 spiro atoms. The summed E-state index contributed by atoms with van der Waals surface area (Å²) in [6, 6.07) is 8.56. The maximum atomic E-state index is 5.63. The fourth-order valence-corrected chi connectivity index (χ4v) is 3.04. The van der Waals surface area contributed by atoms with Gasteiger partial charge in [0, 0.05) is 39.1 Å². The smallest absolute Gasteiger partial charge is 0.191 e. The summed E-state index contributed by atoms with van der Waals surface area (Å²) in [5, 5.41) is 6.72. The summed E-state index contributed by atoms with van der Waals surface area (Å²) in [5.41, 5.74) is 2.50. The molecular weight excluding hydrogens is 477 g/mol. The van der Waals surface area contributed by atoms with E-state index >= 15 is 0 Å². The number of hydrogen-bond donors (Lipinski definition) is 2. The predicted molar refractivity (Wildman–Crippen MR) is 131 cm³/mol. The molecule has 1 unspecified atom stereocenters. The van der Waals surface area contributed by atoms with Gasteiger partial charge in [-0.05, 0) is 30.4 Å². The molecule has 0 radical (unpaired) electrons. The van der Waals surface area contributed by atoms with Gasteiger partial charge in [-0.2, -0.15) is 0 Å². The average molecular weight is 513 g/mol. The lowest BCUT2D eigenvalue weighted by atomic mass is 9.89. The second kappa shape index (κ2) is 12.2. The third-order valence-corrected chi connectivity index (χ3v) is 4.74. The van der Waals surface area contributed by atoms with Gasteiger partial charge in [0.25, 0.3) is 0 Å². The molecule has 0 saturated heterocycles. The molecule has 0 aliphatic rings. The lowest BCUT2D eigenvalue weighted by Crippen LogP contribution is -2.45. The fraction of sp³-hybridized carbons (Fsp3) is 0.545. The number of aromatic nitrogens is 2. The van der Waals surface area contributed by atoms with E-state index in [4.69, 9.17) is 9.73 Å². The summed E-state index contributed by atoms with van der Waals surface area (Å²) >= 11 is 0. The van der Waals surface area contributed by atoms with E-state index in [-0.39, 0.29) is 35.5 Å². The van der Waals surface area contributed by atoms with Gasteiger partial charge < -0.3 is 19.9 Å². The molecule has 29 heavy (non-hydrogen) atoms. The van der Waals surface area contributed by atoms with Gasteiger partial charge in [0.15, 0.2) is 5.96 Å². The molecular formula is C22H36IN5O. The molecule has 0 amide bonds. The first-order chi connectivity index (χ1) is 13.3. The number of aryl methyl sites for hydroxylation is 1. The van der Waals surface area contributed by atoms with Gasteiger partial charge in [0.2, 0.25) is 0 Å². The molecule has 1 atom stereocenters. The van der Waals surface area contributed by atoms with E-state index in [0.717, 1.165) is 24.9 Å². The number of halogens is 1. The summed E-state index contributed by atoms with van der Waals surface area (Å²) in [6.45, 7) is 13.6. The van der Waals surface area contributed by atoms with Crippen molar-refractivity contribution in [1.29, 1.82) is 0 Å². The molecule has 0 fully saturated rings. The third kappa shape index (κ3) is 8.34. The van der Waals surface area contributed by atoms with Crippen LogP contribution in [0.15, 0.2) is 41.7 Å². The van der Waals surface area contributed by atoms with Gasteiger partial charge in [0.05, 0.1) is 12.6 Å². The number of imidazole rings is 1. The van der Waals surface area contributed by atoms with Crippen LogP contribution in [0.3, 0.4) is 0 Å². The monoisotopic (exact) mass is 513 g/mol. The molecule has 2 aromatic rings. The van der Waals surface area contributed by atoms with Crippen LogP contribution in [0.1, 0.15) is 44.6 Å². The Balaban J connectivity index is 0.00000420. The first kappa shape index (κ1) is 25.4. The summed E-state index contributed by atoms with van der Waals surface area (Å²) in [5.74, 6) is 1.83. The van der Waals surface area contributed by atoms with Gasteiger partial charge in [-0.3, -0.25) is 0 Å². The van der Waals surface area contributed by atoms with Gasteiger partial charge in [-0.15, -0.1) is 24.0 Å². The molecule has 7 heteroatoms. The maximum Gasteiger partial charge on any atom is 0.191 e. The van der Waals surface area contributed by atoms with Crippen LogP contribution in [0.5, 0.6) is 0 Å². The minimum atomic E-state index is 0. The Morgan fingerprint density at radius 2 is 1.97 bits per heavy atom. The number of nitrogens with zero attached hydrogens (tertiary/aromatic N) is 3. The largest absolute Gasteiger partial charge is 0.379 e. The maximum absolute atomic E-state index is 5.63. The second-order valence-electron chi connectivity index (χ2n) is 8.09. The molecule has 0 saturated carbocycles. The third-order valence-electron chi connectivity index (χ3n) is 4.74. The SMILES string of the molecule is CCNC(=NCc1cccc(Cn2ccnc2C)c1)NCC(OC)C(C)(C)C.I. The molecule has 162 valence electrons. The first-order valence-corrected chi connectivity index (χ1v) is 9.94. The molecule has 0 aliphatic heterocycles. The standard InChI is InChI=1S/C22H35N5O.HI/c1-7-23-21(26-15-20(28-6)22(3,4)5)25-14-18-9-8-10-19(13-18)16-27-12-11-24-17(27)2;/h8-13,20H,7,14-16H2,1-6H3,(H2,23,25,26);1H. The molecule has 0 bridgehead atoms. The van der Waals surface area contributed by atoms with Gasteiger partial charge in [-0.1, -0.05) is 45.0 Å². The summed E-state index contributed by atoms with van der Waals surface area (Å²) < 4.78 is 7.77. The summed E-state index contributed by atoms with van der Waals surface area (Å²) in [7, 11) is 1.76. The van der Waals surface area contributed by atoms with Crippen LogP contribution < -0.4 is 10.6 Å². The molecule has 2 rings (SSSR count). The van der Waals surface area contributed by atoms with Crippen molar-refractivity contribution in [1.82, 2.24) is 20.2 Å². The van der Waals surface area contributed by atoms with Crippen molar-refractivity contribution < 1.29 is 4.74 Å². The molecule has 6 nitrogen and oxygen atoms in total. The number of hydrogen-bond acceptors (Lipinski definition) is 3. The molecule has 1 heterocycles. The zero-order chi connectivity index (χ0) is 20.6. The lowest BCUT2D eigenvalue weighted by Gasteiger charge is -2.30. The van der Waals surface area contributed by atoms with Crippen molar-refractivity contribution in [3.63, 3.8) is 0 Å². The predicted octanol–water partition coefficient (Wildman–Crippen LogP) is 3.97. The average Bonchev–Trinajstić information content (AvgIpc) is 3.04. The van der Waals surface area contributed by atoms with Crippen LogP contribution in [0.25, 0.3) is 0 Å². The van der Waals surface area contributed by atoms with Crippen LogP contribution in [0.2, 0.25) is 0 Å². The zero-order valence-corrected chi connectivity index (χ0v) is 20.9. The highest BCUT2D eigenvalue weighted by molar-refractivity contribution is 14.0. The van der Waals surface area contributed by atoms with Crippen LogP contribution >= 0.6 is 24.0 Å². The Kier molecular flexibility index (Phi) is 10.7. The van der Waals surface area contributed by atoms with Gasteiger partial charge in [0.1, 0.15) is 5.82 Å². The van der Waals surface area contributed by atoms with E-state index in [1.54, 1.807) is 7.11 Å². The Bertz CT molecular complexity index is 767. The van der Waals surface area contributed by atoms with Crippen LogP contribution in [0, 0.1) is 12.3 Å². The van der Waals surface area contributed by atoms with Crippen molar-refractivity contribution in [3.8, 4) is 0 Å². The second-order valence-corrected chi connectivity index (χ2v) is 8.09. The van der Waals surface area contributed by atoms with E-state index in [9.17, 15) is 0 Å². The van der Waals surface area contributed by atoms with Crippen molar-refractivity contribution >= 4 is 29.9 Å². The first-order valence-electron chi connectivity index (χ1n) is 9.94. The highest BCUT2D eigenvalue weighted by Gasteiger charge is 2.24. The normalized spacial score (nSPS) is 13.0. The summed E-state index contributed by atoms with van der Waals surface area (Å²) in [4.78, 5) is 9.04. The minimum Gasteiger partial charge on any atom is -0.379 e. The quantitative estimate of drug-likeness (QED) is 0.319. The van der Waals surface area contributed by atoms with Gasteiger partial charge >= 0.3 is 0 Å². The molecule has 0 aliphatic carbocycles. The topological polar surface area (TPSA) is 63.5 Å². The highest BCUT2D eigenvalue weighted by Crippen LogP contribution is 2.20. The van der Waals surface area contributed by atoms with E-state index < -0.39 is 0 Å². The Morgan fingerprint density at radius 1 is 1.24 bits per heavy atom. The number of methoxy groups -OCH3 is 1. The van der Waals surface area contributed by atoms with Crippen molar-refractivity contribution in [2.45, 2.75) is 53.8 Å². The number of nitrogens with one attached hydrogen (secondary N) is 2. The Labute approximate surface area is 192 Å². The Morgan fingerprint density at radius 3 is 2.55 bits per heavy atom. The zero-order valence-electron chi connectivity index (χ0n) is 18.5. The highest BCUT2D eigenvalue weighted by atomic mass is 127. The van der Waals surface area contributed by atoms with E-state index in [2.05, 4.69) is 72.1 Å². The van der Waals surface area contributed by atoms with E-state index in [1.165, 1.54) is 11.1 Å². The molecule has 1 aromatic carbocycles. The van der Waals surface area contributed by atoms with Crippen LogP contribution in [0.4, 0.5) is 0 Å². The van der Waals surface area contributed by atoms with E-state index in [1.807, 2.05) is 19.3 Å². The van der Waals surface area contributed by atoms with Crippen molar-refractivity contribution in [2.75, 3.05) is 20.2 Å². The van der Waals surface area contributed by atoms with Gasteiger partial charge in [-0.25, -0.2) is 9.98 Å². The summed E-state index contributed by atoms with van der Waals surface area (Å²) in [6.07, 6.45) is 3.95. The number of rotatable bonds is 8. The number of ether oxygens (including phenoxy) is 1. The number of guanidine groups is 1. The van der Waals surface area contributed by atoms with E-state index in [0.29, 0.717) is 13.1 Å². The number of benzene rings is 1. The van der Waals surface area contributed by atoms with Crippen LogP contribution in [-0.2, 0) is 17.8 Å². The Hall–Kier alpha value is -1.61. The number of aliphatic imine (C=N–C) groups is 1. The fourth-order valence-electron chi connectivity index (χ4n) is 3.04. The van der Waals surface area contributed by atoms with Crippen LogP contribution in [-0.4, -0.2) is 41.8 Å². The molecule has 1 aromatic heterocycles. The van der Waals surface area contributed by atoms with Crippen molar-refractivity contribution in [3.05, 3.63) is 53.6 Å². The van der Waals surface area contributed by atoms with Crippen molar-refractivity contribution in [2.24, 2.45) is 10.4 Å². The minimum absolute atomic E-state index is 0. The molecule has 2 N–H and O–H groups in total. The lowest BCUT2D eigenvalue weighted by molar-refractivity contribution is 0.0205.